The van der Waals surface area contributed by atoms with Gasteiger partial charge in [-0.3, -0.25) is 4.79 Å². The van der Waals surface area contributed by atoms with Crippen molar-refractivity contribution in [2.45, 2.75) is 40.3 Å². The molecule has 0 unspecified atom stereocenters. The van der Waals surface area contributed by atoms with E-state index in [0.29, 0.717) is 0 Å². The van der Waals surface area contributed by atoms with Gasteiger partial charge in [-0.25, -0.2) is 0 Å². The SMILES string of the molecule is CCc1c(NC(=O)C(C)(C)C)ccc(Cl)c1C(F)(F)F. The van der Waals surface area contributed by atoms with Crippen LogP contribution in [0.2, 0.25) is 5.02 Å². The molecule has 0 aliphatic carbocycles. The van der Waals surface area contributed by atoms with Crippen molar-refractivity contribution in [2.24, 2.45) is 5.41 Å². The van der Waals surface area contributed by atoms with Gasteiger partial charge in [-0.1, -0.05) is 39.3 Å². The lowest BCUT2D eigenvalue weighted by atomic mass is 9.94. The van der Waals surface area contributed by atoms with Crippen molar-refractivity contribution in [1.29, 1.82) is 0 Å². The maximum atomic E-state index is 13.1. The molecular formula is C14H17ClF3NO. The molecule has 20 heavy (non-hydrogen) atoms. The minimum atomic E-state index is -4.55. The first-order valence-electron chi connectivity index (χ1n) is 6.18. The first-order chi connectivity index (χ1) is 8.98. The number of hydrogen-bond donors (Lipinski definition) is 1. The minimum Gasteiger partial charge on any atom is -0.325 e. The number of alkyl halides is 3. The molecule has 1 N–H and O–H groups in total. The summed E-state index contributed by atoms with van der Waals surface area (Å²) >= 11 is 5.66. The van der Waals surface area contributed by atoms with Gasteiger partial charge in [0.15, 0.2) is 0 Å². The first-order valence-corrected chi connectivity index (χ1v) is 6.56. The Bertz CT molecular complexity index is 518. The molecular weight excluding hydrogens is 291 g/mol. The third-order valence-corrected chi connectivity index (χ3v) is 3.14. The third kappa shape index (κ3) is 3.66. The highest BCUT2D eigenvalue weighted by molar-refractivity contribution is 6.31. The fourth-order valence-corrected chi connectivity index (χ4v) is 2.00. The number of carbonyl (C=O) groups is 1. The number of anilines is 1. The molecule has 1 aromatic rings. The molecule has 0 aliphatic rings. The van der Waals surface area contributed by atoms with E-state index >= 15 is 0 Å². The van der Waals surface area contributed by atoms with Crippen LogP contribution in [0.4, 0.5) is 18.9 Å². The van der Waals surface area contributed by atoms with Crippen LogP contribution in [0, 0.1) is 5.41 Å². The predicted octanol–water partition coefficient (Wildman–Crippen LogP) is 4.91. The van der Waals surface area contributed by atoms with E-state index in [1.165, 1.54) is 6.07 Å². The van der Waals surface area contributed by atoms with Gasteiger partial charge in [0.25, 0.3) is 0 Å². The van der Waals surface area contributed by atoms with E-state index in [1.807, 2.05) is 0 Å². The Kier molecular flexibility index (Phi) is 4.74. The molecule has 0 aliphatic heterocycles. The van der Waals surface area contributed by atoms with E-state index in [9.17, 15) is 18.0 Å². The molecule has 0 saturated heterocycles. The highest BCUT2D eigenvalue weighted by Crippen LogP contribution is 2.40. The van der Waals surface area contributed by atoms with Crippen LogP contribution in [0.15, 0.2) is 12.1 Å². The van der Waals surface area contributed by atoms with E-state index in [0.717, 1.165) is 6.07 Å². The molecule has 0 aromatic heterocycles. The Morgan fingerprint density at radius 2 is 1.80 bits per heavy atom. The first kappa shape index (κ1) is 16.8. The molecule has 0 heterocycles. The summed E-state index contributed by atoms with van der Waals surface area (Å²) in [6.45, 7) is 6.66. The Morgan fingerprint density at radius 1 is 1.25 bits per heavy atom. The van der Waals surface area contributed by atoms with Gasteiger partial charge in [0.2, 0.25) is 5.91 Å². The number of nitrogens with one attached hydrogen (secondary N) is 1. The molecule has 0 spiro atoms. The number of halogens is 4. The molecule has 0 fully saturated rings. The Labute approximate surface area is 121 Å². The average molecular weight is 308 g/mol. The summed E-state index contributed by atoms with van der Waals surface area (Å²) in [5.74, 6) is -0.345. The predicted molar refractivity (Wildman–Crippen MR) is 73.9 cm³/mol. The molecule has 0 bridgehead atoms. The summed E-state index contributed by atoms with van der Waals surface area (Å²) < 4.78 is 39.2. The van der Waals surface area contributed by atoms with Crippen LogP contribution in [0.1, 0.15) is 38.8 Å². The summed E-state index contributed by atoms with van der Waals surface area (Å²) in [7, 11) is 0. The summed E-state index contributed by atoms with van der Waals surface area (Å²) in [5, 5.41) is 2.19. The zero-order chi connectivity index (χ0) is 15.7. The lowest BCUT2D eigenvalue weighted by molar-refractivity contribution is -0.138. The van der Waals surface area contributed by atoms with E-state index in [-0.39, 0.29) is 28.6 Å². The van der Waals surface area contributed by atoms with Crippen LogP contribution in [-0.2, 0) is 17.4 Å². The molecule has 1 aromatic carbocycles. The smallest absolute Gasteiger partial charge is 0.325 e. The van der Waals surface area contributed by atoms with Gasteiger partial charge in [0.05, 0.1) is 10.6 Å². The second kappa shape index (κ2) is 5.64. The van der Waals surface area contributed by atoms with Crippen LogP contribution in [-0.4, -0.2) is 5.91 Å². The lowest BCUT2D eigenvalue weighted by Gasteiger charge is -2.22. The van der Waals surface area contributed by atoms with Crippen LogP contribution in [0.3, 0.4) is 0 Å². The third-order valence-electron chi connectivity index (χ3n) is 2.83. The van der Waals surface area contributed by atoms with Crippen LogP contribution >= 0.6 is 11.6 Å². The van der Waals surface area contributed by atoms with Gasteiger partial charge in [0.1, 0.15) is 0 Å². The Morgan fingerprint density at radius 3 is 2.20 bits per heavy atom. The number of hydrogen-bond acceptors (Lipinski definition) is 1. The lowest BCUT2D eigenvalue weighted by Crippen LogP contribution is -2.28. The maximum Gasteiger partial charge on any atom is 0.418 e. The summed E-state index contributed by atoms with van der Waals surface area (Å²) in [6, 6.07) is 2.56. The van der Waals surface area contributed by atoms with Crippen molar-refractivity contribution in [2.75, 3.05) is 5.32 Å². The van der Waals surface area contributed by atoms with E-state index in [2.05, 4.69) is 5.32 Å². The van der Waals surface area contributed by atoms with E-state index in [1.54, 1.807) is 27.7 Å². The second-order valence-corrected chi connectivity index (χ2v) is 5.91. The van der Waals surface area contributed by atoms with Gasteiger partial charge < -0.3 is 5.32 Å². The van der Waals surface area contributed by atoms with Gasteiger partial charge >= 0.3 is 6.18 Å². The van der Waals surface area contributed by atoms with Crippen LogP contribution < -0.4 is 5.32 Å². The summed E-state index contributed by atoms with van der Waals surface area (Å²) in [4.78, 5) is 11.9. The highest BCUT2D eigenvalue weighted by Gasteiger charge is 2.37. The average Bonchev–Trinajstić information content (AvgIpc) is 2.27. The zero-order valence-corrected chi connectivity index (χ0v) is 12.5. The van der Waals surface area contributed by atoms with Crippen molar-refractivity contribution in [3.63, 3.8) is 0 Å². The van der Waals surface area contributed by atoms with Gasteiger partial charge in [-0.15, -0.1) is 0 Å². The van der Waals surface area contributed by atoms with E-state index in [4.69, 9.17) is 11.6 Å². The monoisotopic (exact) mass is 307 g/mol. The molecule has 0 radical (unpaired) electrons. The van der Waals surface area contributed by atoms with Crippen molar-refractivity contribution in [1.82, 2.24) is 0 Å². The molecule has 0 atom stereocenters. The number of carbonyl (C=O) groups excluding carboxylic acids is 1. The standard InChI is InChI=1S/C14H17ClF3NO/c1-5-8-10(19-12(20)13(2,3)4)7-6-9(15)11(8)14(16,17)18/h6-7H,5H2,1-4H3,(H,19,20). The summed E-state index contributed by atoms with van der Waals surface area (Å²) in [5.41, 5.74) is -1.41. The molecule has 112 valence electrons. The van der Waals surface area contributed by atoms with Crippen molar-refractivity contribution in [3.05, 3.63) is 28.3 Å². The quantitative estimate of drug-likeness (QED) is 0.826. The van der Waals surface area contributed by atoms with E-state index < -0.39 is 17.2 Å². The molecule has 0 saturated carbocycles. The topological polar surface area (TPSA) is 29.1 Å². The second-order valence-electron chi connectivity index (χ2n) is 5.50. The number of amides is 1. The number of rotatable bonds is 2. The van der Waals surface area contributed by atoms with Crippen molar-refractivity contribution < 1.29 is 18.0 Å². The maximum absolute atomic E-state index is 13.1. The molecule has 6 heteroatoms. The van der Waals surface area contributed by atoms with Gasteiger partial charge in [-0.2, -0.15) is 13.2 Å². The summed E-state index contributed by atoms with van der Waals surface area (Å²) in [6.07, 6.45) is -4.43. The highest BCUT2D eigenvalue weighted by atomic mass is 35.5. The Balaban J connectivity index is 3.33. The normalized spacial score (nSPS) is 12.4. The largest absolute Gasteiger partial charge is 0.418 e. The van der Waals surface area contributed by atoms with Crippen LogP contribution in [0.5, 0.6) is 0 Å². The Hall–Kier alpha value is -1.23. The zero-order valence-electron chi connectivity index (χ0n) is 11.8. The number of benzene rings is 1. The molecule has 2 nitrogen and oxygen atoms in total. The fraction of sp³-hybridized carbons (Fsp3) is 0.500. The van der Waals surface area contributed by atoms with Crippen molar-refractivity contribution in [3.8, 4) is 0 Å². The van der Waals surface area contributed by atoms with Gasteiger partial charge in [-0.05, 0) is 24.1 Å². The van der Waals surface area contributed by atoms with Crippen LogP contribution in [0.25, 0.3) is 0 Å². The van der Waals surface area contributed by atoms with Crippen molar-refractivity contribution >= 4 is 23.2 Å². The molecule has 1 rings (SSSR count). The minimum absolute atomic E-state index is 0.00241. The fourth-order valence-electron chi connectivity index (χ4n) is 1.72. The van der Waals surface area contributed by atoms with Gasteiger partial charge in [0, 0.05) is 11.1 Å². The molecule has 1 amide bonds.